The molecule has 0 aliphatic rings. The van der Waals surface area contributed by atoms with E-state index in [0.717, 1.165) is 28.2 Å². The van der Waals surface area contributed by atoms with Gasteiger partial charge in [0, 0.05) is 5.56 Å². The summed E-state index contributed by atoms with van der Waals surface area (Å²) in [4.78, 5) is 15.2. The first-order chi connectivity index (χ1) is 17.1. The molecule has 0 radical (unpaired) electrons. The summed E-state index contributed by atoms with van der Waals surface area (Å²) >= 11 is 0. The van der Waals surface area contributed by atoms with Gasteiger partial charge >= 0.3 is 6.61 Å². The van der Waals surface area contributed by atoms with E-state index in [9.17, 15) is 8.78 Å². The summed E-state index contributed by atoms with van der Waals surface area (Å²) in [6.45, 7) is 5.11. The Hall–Kier alpha value is -3.56. The van der Waals surface area contributed by atoms with Crippen LogP contribution in [0.25, 0.3) is 33.6 Å². The van der Waals surface area contributed by atoms with Gasteiger partial charge in [-0.05, 0) is 40.7 Å². The molecule has 2 aromatic heterocycles. The summed E-state index contributed by atoms with van der Waals surface area (Å²) in [5.74, 6) is 1.83. The molecule has 0 spiro atoms. The fraction of sp³-hybridized carbons (Fsp3) is 0.333. The fourth-order valence-corrected chi connectivity index (χ4v) is 3.89. The van der Waals surface area contributed by atoms with Crippen molar-refractivity contribution in [2.75, 3.05) is 0 Å². The number of halogens is 2. The molecule has 0 aliphatic heterocycles. The number of ether oxygens (including phenoxy) is 1. The Kier molecular flexibility index (Phi) is 7.51. The molecule has 36 heavy (non-hydrogen) atoms. The number of benzene rings is 2. The third-order valence-corrected chi connectivity index (χ3v) is 6.28. The van der Waals surface area contributed by atoms with Crippen LogP contribution >= 0.6 is 0 Å². The summed E-state index contributed by atoms with van der Waals surface area (Å²) in [6.07, 6.45) is 3.35. The average Bonchev–Trinajstić information content (AvgIpc) is 3.53. The van der Waals surface area contributed by atoms with Crippen molar-refractivity contribution >= 4 is 0 Å². The molecule has 0 aliphatic carbocycles. The number of imidazole rings is 2. The lowest BCUT2D eigenvalue weighted by molar-refractivity contribution is -0.0494. The van der Waals surface area contributed by atoms with Gasteiger partial charge in [-0.1, -0.05) is 58.0 Å². The number of hydrogen-bond acceptors (Lipinski definition) is 5. The van der Waals surface area contributed by atoms with E-state index in [1.807, 2.05) is 58.0 Å². The fourth-order valence-electron chi connectivity index (χ4n) is 3.89. The first-order valence-corrected chi connectivity index (χ1v) is 11.9. The van der Waals surface area contributed by atoms with Gasteiger partial charge in [-0.15, -0.1) is 0 Å². The molecule has 2 atom stereocenters. The van der Waals surface area contributed by atoms with Crippen LogP contribution in [0.4, 0.5) is 8.78 Å². The first kappa shape index (κ1) is 25.5. The lowest BCUT2D eigenvalue weighted by Gasteiger charge is -2.14. The zero-order valence-corrected chi connectivity index (χ0v) is 20.8. The van der Waals surface area contributed by atoms with Crippen LogP contribution in [-0.2, 0) is 0 Å². The normalized spacial score (nSPS) is 13.5. The van der Waals surface area contributed by atoms with E-state index in [2.05, 4.69) is 19.9 Å². The Bertz CT molecular complexity index is 1300. The van der Waals surface area contributed by atoms with Crippen molar-refractivity contribution in [2.24, 2.45) is 23.3 Å². The second-order valence-electron chi connectivity index (χ2n) is 9.57. The number of nitrogens with one attached hydrogen (secondary N) is 2. The van der Waals surface area contributed by atoms with Gasteiger partial charge in [-0.3, -0.25) is 0 Å². The maximum absolute atomic E-state index is 13.3. The topological polar surface area (TPSA) is 119 Å². The highest BCUT2D eigenvalue weighted by Crippen LogP contribution is 2.36. The van der Waals surface area contributed by atoms with Crippen LogP contribution in [0.2, 0.25) is 0 Å². The molecule has 2 heterocycles. The number of H-pyrrole nitrogens is 2. The lowest BCUT2D eigenvalue weighted by atomic mass is 10.00. The van der Waals surface area contributed by atoms with E-state index in [1.165, 1.54) is 0 Å². The highest BCUT2D eigenvalue weighted by Gasteiger charge is 2.19. The SMILES string of the molecule is CC(C)[C@H](N)c1ncc(-c2ccc(-c3ccc(-c4cnc([C@@H](N)C(C)C)[nH]4)c(OC(F)F)c3)cc2)[nH]1. The third-order valence-electron chi connectivity index (χ3n) is 6.28. The van der Waals surface area contributed by atoms with Crippen LogP contribution in [-0.4, -0.2) is 26.5 Å². The zero-order chi connectivity index (χ0) is 26.0. The smallest absolute Gasteiger partial charge is 0.387 e. The van der Waals surface area contributed by atoms with Crippen LogP contribution in [0.3, 0.4) is 0 Å². The second kappa shape index (κ2) is 10.6. The van der Waals surface area contributed by atoms with E-state index in [4.69, 9.17) is 16.2 Å². The molecule has 2 aromatic carbocycles. The van der Waals surface area contributed by atoms with Crippen molar-refractivity contribution in [1.82, 2.24) is 19.9 Å². The third kappa shape index (κ3) is 5.47. The molecule has 0 amide bonds. The van der Waals surface area contributed by atoms with Gasteiger partial charge in [-0.2, -0.15) is 8.78 Å². The standard InChI is InChI=1S/C27H32F2N6O/c1-14(2)23(30)25-32-12-20(34-25)17-7-5-16(6-8-17)18-9-10-19(22(11-18)36-27(28)29)21-13-33-26(35-21)24(31)15(3)4/h5-15,23-24,27H,30-31H2,1-4H3,(H,32,34)(H,33,35)/t23-,24-/m0/s1. The molecule has 0 saturated heterocycles. The van der Waals surface area contributed by atoms with Gasteiger partial charge in [0.2, 0.25) is 0 Å². The van der Waals surface area contributed by atoms with E-state index >= 15 is 0 Å². The predicted octanol–water partition coefficient (Wildman–Crippen LogP) is 6.05. The van der Waals surface area contributed by atoms with Gasteiger partial charge in [0.25, 0.3) is 0 Å². The van der Waals surface area contributed by atoms with Crippen molar-refractivity contribution in [2.45, 2.75) is 46.4 Å². The average molecular weight is 495 g/mol. The molecule has 0 bridgehead atoms. The summed E-state index contributed by atoms with van der Waals surface area (Å²) in [5.41, 5.74) is 16.8. The van der Waals surface area contributed by atoms with Gasteiger partial charge in [0.05, 0.1) is 35.9 Å². The number of rotatable bonds is 9. The van der Waals surface area contributed by atoms with E-state index in [0.29, 0.717) is 17.1 Å². The quantitative estimate of drug-likeness (QED) is 0.226. The van der Waals surface area contributed by atoms with Crippen molar-refractivity contribution in [3.05, 3.63) is 66.5 Å². The molecule has 0 fully saturated rings. The monoisotopic (exact) mass is 494 g/mol. The number of nitrogens with two attached hydrogens (primary N) is 2. The molecule has 190 valence electrons. The molecule has 4 aromatic rings. The summed E-state index contributed by atoms with van der Waals surface area (Å²) < 4.78 is 31.4. The van der Waals surface area contributed by atoms with Crippen LogP contribution < -0.4 is 16.2 Å². The van der Waals surface area contributed by atoms with Crippen LogP contribution in [0, 0.1) is 11.8 Å². The van der Waals surface area contributed by atoms with E-state index < -0.39 is 6.61 Å². The van der Waals surface area contributed by atoms with Gasteiger partial charge in [-0.25, -0.2) is 9.97 Å². The maximum Gasteiger partial charge on any atom is 0.387 e. The van der Waals surface area contributed by atoms with Gasteiger partial charge in [0.15, 0.2) is 0 Å². The number of hydrogen-bond donors (Lipinski definition) is 4. The zero-order valence-electron chi connectivity index (χ0n) is 20.8. The van der Waals surface area contributed by atoms with Crippen LogP contribution in [0.15, 0.2) is 54.9 Å². The molecular weight excluding hydrogens is 462 g/mol. The van der Waals surface area contributed by atoms with Crippen LogP contribution in [0.5, 0.6) is 5.75 Å². The number of aromatic nitrogens is 4. The Morgan fingerprint density at radius 3 is 1.78 bits per heavy atom. The van der Waals surface area contributed by atoms with Gasteiger partial charge in [0.1, 0.15) is 17.4 Å². The number of alkyl halides is 2. The van der Waals surface area contributed by atoms with Crippen molar-refractivity contribution in [1.29, 1.82) is 0 Å². The first-order valence-electron chi connectivity index (χ1n) is 11.9. The molecule has 0 unspecified atom stereocenters. The van der Waals surface area contributed by atoms with Crippen molar-refractivity contribution < 1.29 is 13.5 Å². The molecule has 4 rings (SSSR count). The van der Waals surface area contributed by atoms with Gasteiger partial charge < -0.3 is 26.2 Å². The highest BCUT2D eigenvalue weighted by molar-refractivity contribution is 5.76. The lowest BCUT2D eigenvalue weighted by Crippen LogP contribution is -2.18. The minimum atomic E-state index is -2.96. The highest BCUT2D eigenvalue weighted by atomic mass is 19.3. The Morgan fingerprint density at radius 1 is 0.722 bits per heavy atom. The van der Waals surface area contributed by atoms with E-state index in [-0.39, 0.29) is 29.7 Å². The molecule has 9 heteroatoms. The minimum Gasteiger partial charge on any atom is -0.434 e. The van der Waals surface area contributed by atoms with Crippen molar-refractivity contribution in [3.8, 4) is 39.4 Å². The molecule has 0 saturated carbocycles. The molecule has 6 N–H and O–H groups in total. The Balaban J connectivity index is 1.62. The van der Waals surface area contributed by atoms with E-state index in [1.54, 1.807) is 24.5 Å². The largest absolute Gasteiger partial charge is 0.434 e. The molecular formula is C27H32F2N6O. The summed E-state index contributed by atoms with van der Waals surface area (Å²) in [6, 6.07) is 12.5. The Labute approximate surface area is 209 Å². The maximum atomic E-state index is 13.3. The number of aromatic amines is 2. The second-order valence-corrected chi connectivity index (χ2v) is 9.57. The minimum absolute atomic E-state index is 0.0563. The summed E-state index contributed by atoms with van der Waals surface area (Å²) in [5, 5.41) is 0. The van der Waals surface area contributed by atoms with Crippen LogP contribution in [0.1, 0.15) is 51.4 Å². The summed E-state index contributed by atoms with van der Waals surface area (Å²) in [7, 11) is 0. The Morgan fingerprint density at radius 2 is 1.22 bits per heavy atom. The molecule has 7 nitrogen and oxygen atoms in total. The predicted molar refractivity (Wildman–Crippen MR) is 137 cm³/mol. The number of nitrogens with zero attached hydrogens (tertiary/aromatic N) is 2. The van der Waals surface area contributed by atoms with Crippen molar-refractivity contribution in [3.63, 3.8) is 0 Å².